The van der Waals surface area contributed by atoms with Crippen molar-refractivity contribution in [2.45, 2.75) is 52.7 Å². The second-order valence-corrected chi connectivity index (χ2v) is 4.75. The van der Waals surface area contributed by atoms with Crippen LogP contribution >= 0.6 is 0 Å². The predicted molar refractivity (Wildman–Crippen MR) is 71.1 cm³/mol. The molecule has 2 rings (SSSR count). The van der Waals surface area contributed by atoms with E-state index in [9.17, 15) is 0 Å². The number of benzene rings is 1. The lowest BCUT2D eigenvalue weighted by atomic mass is 10.0. The Morgan fingerprint density at radius 3 is 2.44 bits per heavy atom. The van der Waals surface area contributed by atoms with Crippen molar-refractivity contribution in [2.24, 2.45) is 0 Å². The van der Waals surface area contributed by atoms with E-state index >= 15 is 0 Å². The summed E-state index contributed by atoms with van der Waals surface area (Å²) in [4.78, 5) is 0. The van der Waals surface area contributed by atoms with Gasteiger partial charge in [0.2, 0.25) is 6.79 Å². The Labute approximate surface area is 109 Å². The van der Waals surface area contributed by atoms with Gasteiger partial charge >= 0.3 is 0 Å². The van der Waals surface area contributed by atoms with E-state index < -0.39 is 0 Å². The molecule has 0 saturated carbocycles. The van der Waals surface area contributed by atoms with Crippen LogP contribution in [0, 0.1) is 0 Å². The summed E-state index contributed by atoms with van der Waals surface area (Å²) in [6.45, 7) is 7.41. The standard InChI is InChI=1S/C15H22O3/c1-4-6-12-7-14-15(18-10-17-14)8-13(12)9-16-11(3)5-2/h7-8,11H,4-6,9-10H2,1-3H3. The van der Waals surface area contributed by atoms with Crippen LogP contribution in [0.4, 0.5) is 0 Å². The van der Waals surface area contributed by atoms with Crippen molar-refractivity contribution in [2.75, 3.05) is 6.79 Å². The maximum absolute atomic E-state index is 5.83. The molecular weight excluding hydrogens is 228 g/mol. The van der Waals surface area contributed by atoms with E-state index in [1.165, 1.54) is 11.1 Å². The fraction of sp³-hybridized carbons (Fsp3) is 0.600. The van der Waals surface area contributed by atoms with Crippen LogP contribution in [-0.4, -0.2) is 12.9 Å². The number of aryl methyl sites for hydroxylation is 1. The predicted octanol–water partition coefficient (Wildman–Crippen LogP) is 3.68. The largest absolute Gasteiger partial charge is 0.454 e. The molecule has 0 amide bonds. The Morgan fingerprint density at radius 2 is 1.83 bits per heavy atom. The summed E-state index contributed by atoms with van der Waals surface area (Å²) in [6, 6.07) is 4.16. The molecule has 1 aliphatic rings. The van der Waals surface area contributed by atoms with Gasteiger partial charge in [0.15, 0.2) is 11.5 Å². The molecule has 1 heterocycles. The average Bonchev–Trinajstić information content (AvgIpc) is 2.83. The van der Waals surface area contributed by atoms with Crippen molar-refractivity contribution in [3.63, 3.8) is 0 Å². The summed E-state index contributed by atoms with van der Waals surface area (Å²) in [7, 11) is 0. The van der Waals surface area contributed by atoms with Gasteiger partial charge in [-0.05, 0) is 43.0 Å². The highest BCUT2D eigenvalue weighted by Crippen LogP contribution is 2.35. The van der Waals surface area contributed by atoms with Gasteiger partial charge in [-0.15, -0.1) is 0 Å². The summed E-state index contributed by atoms with van der Waals surface area (Å²) >= 11 is 0. The van der Waals surface area contributed by atoms with Gasteiger partial charge in [-0.3, -0.25) is 0 Å². The van der Waals surface area contributed by atoms with Crippen molar-refractivity contribution in [1.82, 2.24) is 0 Å². The van der Waals surface area contributed by atoms with Crippen LogP contribution in [0.3, 0.4) is 0 Å². The van der Waals surface area contributed by atoms with Gasteiger partial charge in [-0.1, -0.05) is 20.3 Å². The third-order valence-corrected chi connectivity index (χ3v) is 3.31. The normalized spacial score (nSPS) is 14.8. The van der Waals surface area contributed by atoms with Gasteiger partial charge < -0.3 is 14.2 Å². The van der Waals surface area contributed by atoms with E-state index in [1.54, 1.807) is 0 Å². The van der Waals surface area contributed by atoms with E-state index in [0.717, 1.165) is 30.8 Å². The third kappa shape index (κ3) is 2.96. The first-order valence-electron chi connectivity index (χ1n) is 6.77. The zero-order chi connectivity index (χ0) is 13.0. The molecule has 0 N–H and O–H groups in total. The zero-order valence-electron chi connectivity index (χ0n) is 11.5. The first-order chi connectivity index (χ1) is 8.74. The summed E-state index contributed by atoms with van der Waals surface area (Å²) in [5, 5.41) is 0. The summed E-state index contributed by atoms with van der Waals surface area (Å²) in [5.74, 6) is 1.71. The molecule has 0 aliphatic carbocycles. The SMILES string of the molecule is CCCc1cc2c(cc1COC(C)CC)OCO2. The van der Waals surface area contributed by atoms with Gasteiger partial charge in [0.1, 0.15) is 0 Å². The first-order valence-corrected chi connectivity index (χ1v) is 6.77. The Bertz CT molecular complexity index is 401. The van der Waals surface area contributed by atoms with Crippen molar-refractivity contribution >= 4 is 0 Å². The van der Waals surface area contributed by atoms with Crippen LogP contribution in [0.5, 0.6) is 11.5 Å². The number of hydrogen-bond acceptors (Lipinski definition) is 3. The molecule has 0 spiro atoms. The van der Waals surface area contributed by atoms with Crippen LogP contribution in [0.2, 0.25) is 0 Å². The molecule has 1 unspecified atom stereocenters. The molecule has 1 aliphatic heterocycles. The minimum atomic E-state index is 0.296. The highest BCUT2D eigenvalue weighted by Gasteiger charge is 2.17. The van der Waals surface area contributed by atoms with Crippen LogP contribution in [-0.2, 0) is 17.8 Å². The van der Waals surface area contributed by atoms with Gasteiger partial charge in [0.05, 0.1) is 12.7 Å². The Morgan fingerprint density at radius 1 is 1.17 bits per heavy atom. The topological polar surface area (TPSA) is 27.7 Å². The number of fused-ring (bicyclic) bond motifs is 1. The lowest BCUT2D eigenvalue weighted by Gasteiger charge is -2.14. The Hall–Kier alpha value is -1.22. The zero-order valence-corrected chi connectivity index (χ0v) is 11.5. The first kappa shape index (κ1) is 13.2. The fourth-order valence-corrected chi connectivity index (χ4v) is 2.01. The molecular formula is C15H22O3. The summed E-state index contributed by atoms with van der Waals surface area (Å²) < 4.78 is 16.7. The molecule has 1 aromatic rings. The monoisotopic (exact) mass is 250 g/mol. The van der Waals surface area contributed by atoms with Crippen LogP contribution in [0.15, 0.2) is 12.1 Å². The quantitative estimate of drug-likeness (QED) is 0.770. The third-order valence-electron chi connectivity index (χ3n) is 3.31. The number of rotatable bonds is 6. The highest BCUT2D eigenvalue weighted by molar-refractivity contribution is 5.48. The molecule has 1 atom stereocenters. The molecule has 1 aromatic carbocycles. The number of hydrogen-bond donors (Lipinski definition) is 0. The van der Waals surface area contributed by atoms with Crippen LogP contribution < -0.4 is 9.47 Å². The Balaban J connectivity index is 2.15. The highest BCUT2D eigenvalue weighted by atomic mass is 16.7. The van der Waals surface area contributed by atoms with E-state index in [0.29, 0.717) is 19.5 Å². The average molecular weight is 250 g/mol. The molecule has 3 nitrogen and oxygen atoms in total. The molecule has 0 fully saturated rings. The lowest BCUT2D eigenvalue weighted by molar-refractivity contribution is 0.0503. The molecule has 0 aromatic heterocycles. The van der Waals surface area contributed by atoms with E-state index in [1.807, 2.05) is 0 Å². The maximum Gasteiger partial charge on any atom is 0.231 e. The Kier molecular flexibility index (Phi) is 4.48. The molecule has 100 valence electrons. The maximum atomic E-state index is 5.83. The molecule has 3 heteroatoms. The van der Waals surface area contributed by atoms with Crippen molar-refractivity contribution in [3.8, 4) is 11.5 Å². The molecule has 0 saturated heterocycles. The van der Waals surface area contributed by atoms with Gasteiger partial charge in [-0.25, -0.2) is 0 Å². The molecule has 0 radical (unpaired) electrons. The number of ether oxygens (including phenoxy) is 3. The smallest absolute Gasteiger partial charge is 0.231 e. The van der Waals surface area contributed by atoms with Crippen molar-refractivity contribution < 1.29 is 14.2 Å². The van der Waals surface area contributed by atoms with Crippen molar-refractivity contribution in [3.05, 3.63) is 23.3 Å². The van der Waals surface area contributed by atoms with Crippen molar-refractivity contribution in [1.29, 1.82) is 0 Å². The van der Waals surface area contributed by atoms with E-state index in [2.05, 4.69) is 32.9 Å². The van der Waals surface area contributed by atoms with Gasteiger partial charge in [0, 0.05) is 0 Å². The lowest BCUT2D eigenvalue weighted by Crippen LogP contribution is -2.07. The van der Waals surface area contributed by atoms with Crippen LogP contribution in [0.1, 0.15) is 44.7 Å². The summed E-state index contributed by atoms with van der Waals surface area (Å²) in [5.41, 5.74) is 2.53. The fourth-order valence-electron chi connectivity index (χ4n) is 2.01. The van der Waals surface area contributed by atoms with Crippen LogP contribution in [0.25, 0.3) is 0 Å². The summed E-state index contributed by atoms with van der Waals surface area (Å²) in [6.07, 6.45) is 3.50. The second kappa shape index (κ2) is 6.10. The van der Waals surface area contributed by atoms with Gasteiger partial charge in [0.25, 0.3) is 0 Å². The minimum Gasteiger partial charge on any atom is -0.454 e. The van der Waals surface area contributed by atoms with E-state index in [4.69, 9.17) is 14.2 Å². The minimum absolute atomic E-state index is 0.296. The van der Waals surface area contributed by atoms with Gasteiger partial charge in [-0.2, -0.15) is 0 Å². The molecule has 0 bridgehead atoms. The second-order valence-electron chi connectivity index (χ2n) is 4.75. The van der Waals surface area contributed by atoms with E-state index in [-0.39, 0.29) is 0 Å². The molecule has 18 heavy (non-hydrogen) atoms.